The van der Waals surface area contributed by atoms with Crippen molar-refractivity contribution in [3.05, 3.63) is 35.4 Å². The van der Waals surface area contributed by atoms with Crippen LogP contribution in [0.2, 0.25) is 0 Å². The standard InChI is InChI=1S/C17H24N2O/c1-3-17(4-2,10-18)16(20)19-15-13-9-11-7-5-6-8-12(11)14(13)15/h5-8,13-15H,3-4,9-10,18H2,1-2H3,(H,19,20). The molecular formula is C17H24N2O. The van der Waals surface area contributed by atoms with Gasteiger partial charge in [0.25, 0.3) is 0 Å². The largest absolute Gasteiger partial charge is 0.352 e. The maximum atomic E-state index is 12.6. The lowest BCUT2D eigenvalue weighted by Gasteiger charge is -2.29. The second-order valence-electron chi connectivity index (χ2n) is 6.28. The predicted molar refractivity (Wildman–Crippen MR) is 80.4 cm³/mol. The zero-order valence-electron chi connectivity index (χ0n) is 12.4. The maximum absolute atomic E-state index is 12.6. The topological polar surface area (TPSA) is 55.1 Å². The highest BCUT2D eigenvalue weighted by Gasteiger charge is 2.57. The van der Waals surface area contributed by atoms with Gasteiger partial charge in [0.2, 0.25) is 5.91 Å². The molecule has 1 amide bonds. The zero-order chi connectivity index (χ0) is 14.3. The number of hydrogen-bond donors (Lipinski definition) is 2. The number of nitrogens with two attached hydrogens (primary N) is 1. The SMILES string of the molecule is CCC(CC)(CN)C(=O)NC1C2Cc3ccccc3C21. The summed E-state index contributed by atoms with van der Waals surface area (Å²) >= 11 is 0. The van der Waals surface area contributed by atoms with Crippen molar-refractivity contribution in [1.82, 2.24) is 5.32 Å². The first kappa shape index (κ1) is 13.6. The smallest absolute Gasteiger partial charge is 0.227 e. The molecule has 108 valence electrons. The van der Waals surface area contributed by atoms with Gasteiger partial charge in [0.1, 0.15) is 0 Å². The molecule has 0 heterocycles. The normalized spacial score (nSPS) is 26.9. The highest BCUT2D eigenvalue weighted by Crippen LogP contribution is 2.56. The summed E-state index contributed by atoms with van der Waals surface area (Å²) in [5.74, 6) is 1.31. The number of benzene rings is 1. The fourth-order valence-electron chi connectivity index (χ4n) is 3.80. The lowest BCUT2D eigenvalue weighted by molar-refractivity contribution is -0.131. The van der Waals surface area contributed by atoms with Crippen molar-refractivity contribution in [3.8, 4) is 0 Å². The van der Waals surface area contributed by atoms with Crippen molar-refractivity contribution in [2.75, 3.05) is 6.54 Å². The van der Waals surface area contributed by atoms with Crippen LogP contribution in [-0.2, 0) is 11.2 Å². The average Bonchev–Trinajstić information content (AvgIpc) is 2.99. The van der Waals surface area contributed by atoms with E-state index in [0.717, 1.165) is 19.3 Å². The van der Waals surface area contributed by atoms with Crippen LogP contribution >= 0.6 is 0 Å². The van der Waals surface area contributed by atoms with Gasteiger partial charge in [-0.2, -0.15) is 0 Å². The number of nitrogens with one attached hydrogen (secondary N) is 1. The predicted octanol–water partition coefficient (Wildman–Crippen LogP) is 2.21. The molecule has 0 saturated heterocycles. The van der Waals surface area contributed by atoms with Gasteiger partial charge in [0.15, 0.2) is 0 Å². The van der Waals surface area contributed by atoms with Gasteiger partial charge < -0.3 is 11.1 Å². The van der Waals surface area contributed by atoms with Gasteiger partial charge >= 0.3 is 0 Å². The van der Waals surface area contributed by atoms with Crippen LogP contribution in [0.1, 0.15) is 43.7 Å². The van der Waals surface area contributed by atoms with Crippen LogP contribution in [0, 0.1) is 11.3 Å². The highest BCUT2D eigenvalue weighted by atomic mass is 16.2. The molecule has 1 saturated carbocycles. The first-order chi connectivity index (χ1) is 9.66. The lowest BCUT2D eigenvalue weighted by atomic mass is 9.81. The third-order valence-electron chi connectivity index (χ3n) is 5.56. The summed E-state index contributed by atoms with van der Waals surface area (Å²) in [4.78, 5) is 12.6. The van der Waals surface area contributed by atoms with Gasteiger partial charge in [-0.3, -0.25) is 4.79 Å². The highest BCUT2D eigenvalue weighted by molar-refractivity contribution is 5.83. The number of rotatable bonds is 5. The number of carbonyl (C=O) groups excluding carboxylic acids is 1. The molecule has 0 radical (unpaired) electrons. The molecule has 3 heteroatoms. The third-order valence-corrected chi connectivity index (χ3v) is 5.56. The molecule has 1 fully saturated rings. The number of carbonyl (C=O) groups is 1. The van der Waals surface area contributed by atoms with E-state index in [0.29, 0.717) is 24.4 Å². The van der Waals surface area contributed by atoms with Crippen molar-refractivity contribution in [2.24, 2.45) is 17.1 Å². The van der Waals surface area contributed by atoms with Crippen LogP contribution in [0.5, 0.6) is 0 Å². The first-order valence-corrected chi connectivity index (χ1v) is 7.75. The Morgan fingerprint density at radius 2 is 2.05 bits per heavy atom. The van der Waals surface area contributed by atoms with Crippen molar-refractivity contribution in [3.63, 3.8) is 0 Å². The van der Waals surface area contributed by atoms with Gasteiger partial charge in [0.05, 0.1) is 5.41 Å². The van der Waals surface area contributed by atoms with E-state index in [9.17, 15) is 4.79 Å². The number of fused-ring (bicyclic) bond motifs is 3. The van der Waals surface area contributed by atoms with Crippen LogP contribution in [-0.4, -0.2) is 18.5 Å². The van der Waals surface area contributed by atoms with Crippen molar-refractivity contribution in [1.29, 1.82) is 0 Å². The van der Waals surface area contributed by atoms with Gasteiger partial charge in [-0.15, -0.1) is 0 Å². The molecule has 3 N–H and O–H groups in total. The van der Waals surface area contributed by atoms with Gasteiger partial charge in [-0.25, -0.2) is 0 Å². The molecular weight excluding hydrogens is 248 g/mol. The number of hydrogen-bond acceptors (Lipinski definition) is 2. The van der Waals surface area contributed by atoms with E-state index in [1.165, 1.54) is 11.1 Å². The van der Waals surface area contributed by atoms with Crippen LogP contribution in [0.4, 0.5) is 0 Å². The van der Waals surface area contributed by atoms with Crippen molar-refractivity contribution < 1.29 is 4.79 Å². The van der Waals surface area contributed by atoms with E-state index in [4.69, 9.17) is 5.73 Å². The molecule has 3 nitrogen and oxygen atoms in total. The Bertz CT molecular complexity index is 513. The van der Waals surface area contributed by atoms with E-state index in [1.54, 1.807) is 0 Å². The molecule has 0 spiro atoms. The van der Waals surface area contributed by atoms with E-state index in [1.807, 2.05) is 0 Å². The number of amides is 1. The first-order valence-electron chi connectivity index (χ1n) is 7.75. The Labute approximate surface area is 120 Å². The summed E-state index contributed by atoms with van der Waals surface area (Å²) in [5, 5.41) is 3.27. The summed E-state index contributed by atoms with van der Waals surface area (Å²) in [5.41, 5.74) is 8.38. The Kier molecular flexibility index (Phi) is 3.33. The minimum Gasteiger partial charge on any atom is -0.352 e. The van der Waals surface area contributed by atoms with Crippen molar-refractivity contribution in [2.45, 2.75) is 45.1 Å². The summed E-state index contributed by atoms with van der Waals surface area (Å²) in [6.07, 6.45) is 2.73. The maximum Gasteiger partial charge on any atom is 0.227 e. The Balaban J connectivity index is 1.69. The Hall–Kier alpha value is -1.35. The molecule has 1 aromatic rings. The van der Waals surface area contributed by atoms with E-state index >= 15 is 0 Å². The molecule has 1 aromatic carbocycles. The summed E-state index contributed by atoms with van der Waals surface area (Å²) in [7, 11) is 0. The second-order valence-corrected chi connectivity index (χ2v) is 6.28. The van der Waals surface area contributed by atoms with Gasteiger partial charge in [0, 0.05) is 18.5 Å². The molecule has 0 aromatic heterocycles. The minimum atomic E-state index is -0.379. The van der Waals surface area contributed by atoms with Crippen LogP contribution < -0.4 is 11.1 Å². The van der Waals surface area contributed by atoms with Crippen LogP contribution in [0.25, 0.3) is 0 Å². The van der Waals surface area contributed by atoms with Gasteiger partial charge in [-0.05, 0) is 36.3 Å². The monoisotopic (exact) mass is 272 g/mol. The molecule has 0 bridgehead atoms. The fraction of sp³-hybridized carbons (Fsp3) is 0.588. The molecule has 3 atom stereocenters. The molecule has 3 unspecified atom stereocenters. The third kappa shape index (κ3) is 1.87. The lowest BCUT2D eigenvalue weighted by Crippen LogP contribution is -2.46. The Morgan fingerprint density at radius 1 is 1.35 bits per heavy atom. The van der Waals surface area contributed by atoms with Gasteiger partial charge in [-0.1, -0.05) is 38.1 Å². The van der Waals surface area contributed by atoms with E-state index in [2.05, 4.69) is 43.4 Å². The fourth-order valence-corrected chi connectivity index (χ4v) is 3.80. The molecule has 2 aliphatic carbocycles. The van der Waals surface area contributed by atoms with Crippen LogP contribution in [0.15, 0.2) is 24.3 Å². The van der Waals surface area contributed by atoms with E-state index in [-0.39, 0.29) is 11.3 Å². The summed E-state index contributed by atoms with van der Waals surface area (Å²) in [6.45, 7) is 4.54. The summed E-state index contributed by atoms with van der Waals surface area (Å²) in [6, 6.07) is 8.96. The molecule has 2 aliphatic rings. The zero-order valence-corrected chi connectivity index (χ0v) is 12.4. The molecule has 3 rings (SSSR count). The van der Waals surface area contributed by atoms with Crippen molar-refractivity contribution >= 4 is 5.91 Å². The molecule has 0 aliphatic heterocycles. The quantitative estimate of drug-likeness (QED) is 0.863. The summed E-state index contributed by atoms with van der Waals surface area (Å²) < 4.78 is 0. The van der Waals surface area contributed by atoms with Crippen LogP contribution in [0.3, 0.4) is 0 Å². The second kappa shape index (κ2) is 4.88. The minimum absolute atomic E-state index is 0.155. The average molecular weight is 272 g/mol. The van der Waals surface area contributed by atoms with E-state index < -0.39 is 0 Å². The molecule has 20 heavy (non-hydrogen) atoms. The Morgan fingerprint density at radius 3 is 2.70 bits per heavy atom.